The molecule has 1 aliphatic carbocycles. The van der Waals surface area contributed by atoms with Crippen LogP contribution in [0.15, 0.2) is 47.7 Å². The maximum Gasteiger partial charge on any atom is 0.277 e. The lowest BCUT2D eigenvalue weighted by atomic mass is 9.90. The smallest absolute Gasteiger partial charge is 0.277 e. The minimum Gasteiger partial charge on any atom is -0.392 e. The highest BCUT2D eigenvalue weighted by molar-refractivity contribution is 6.35. The van der Waals surface area contributed by atoms with Crippen LogP contribution >= 0.6 is 11.6 Å². The van der Waals surface area contributed by atoms with Crippen LogP contribution in [0, 0.1) is 5.41 Å². The van der Waals surface area contributed by atoms with Crippen molar-refractivity contribution in [2.45, 2.75) is 58.8 Å². The van der Waals surface area contributed by atoms with E-state index in [0.717, 1.165) is 62.6 Å². The largest absolute Gasteiger partial charge is 0.392 e. The number of piperazine rings is 1. The molecule has 262 valence electrons. The van der Waals surface area contributed by atoms with Gasteiger partial charge in [0.1, 0.15) is 23.0 Å². The van der Waals surface area contributed by atoms with Gasteiger partial charge in [0.25, 0.3) is 11.5 Å². The number of halogens is 1. The molecule has 4 aromatic heterocycles. The Morgan fingerprint density at radius 1 is 1.08 bits per heavy atom. The van der Waals surface area contributed by atoms with Crippen LogP contribution in [0.3, 0.4) is 0 Å². The summed E-state index contributed by atoms with van der Waals surface area (Å²) in [5.74, 6) is 0.706. The SMILES string of the molecule is C[C@H]1CN(C2COC2)CCN1c1ccc(Nc2cc(-c3ccnc(N4CCn5c6c(c(Cl)c5C4=O)CC(C)(C)C6)c3CO)cn(C)c2=O)nc1. The average molecular weight is 699 g/mol. The number of nitrogens with zero attached hydrogens (tertiary/aromatic N) is 7. The number of amides is 1. The third-order valence-corrected chi connectivity index (χ3v) is 11.2. The Kier molecular flexibility index (Phi) is 8.25. The van der Waals surface area contributed by atoms with Gasteiger partial charge in [0.2, 0.25) is 0 Å². The second-order valence-electron chi connectivity index (χ2n) is 14.8. The molecule has 0 aromatic carbocycles. The molecular weight excluding hydrogens is 656 g/mol. The summed E-state index contributed by atoms with van der Waals surface area (Å²) in [7, 11) is 1.69. The lowest BCUT2D eigenvalue weighted by Crippen LogP contribution is -2.59. The van der Waals surface area contributed by atoms with Gasteiger partial charge in [0, 0.05) is 75.0 Å². The number of nitrogens with one attached hydrogen (secondary N) is 1. The fraction of sp³-hybridized carbons (Fsp3) is 0.459. The van der Waals surface area contributed by atoms with Gasteiger partial charge in [-0.2, -0.15) is 0 Å². The topological polar surface area (TPSA) is 121 Å². The highest BCUT2D eigenvalue weighted by Crippen LogP contribution is 2.44. The summed E-state index contributed by atoms with van der Waals surface area (Å²) in [6.07, 6.45) is 6.92. The number of carbonyl (C=O) groups excluding carboxylic acids is 1. The first-order valence-corrected chi connectivity index (χ1v) is 17.7. The standard InChI is InChI=1S/C37H43ClN8O4/c1-22-17-43(25-20-50-21-25)9-10-44(22)24-5-6-31(40-16-24)41-29-13-23(18-42(4)35(29)48)26-7-8-39-34(28(26)19-47)46-12-11-45-30-15-37(2,3)14-27(30)32(38)33(45)36(46)49/h5-8,13,16,18,22,25,47H,9-12,14-15,17,19-21H2,1-4H3,(H,40,41)/t22-/m0/s1. The number of hydrogen-bond acceptors (Lipinski definition) is 9. The van der Waals surface area contributed by atoms with E-state index in [-0.39, 0.29) is 23.5 Å². The summed E-state index contributed by atoms with van der Waals surface area (Å²) in [6, 6.07) is 8.36. The number of fused-ring (bicyclic) bond motifs is 3. The normalized spacial score (nSPS) is 20.5. The number of rotatable bonds is 7. The second-order valence-corrected chi connectivity index (χ2v) is 15.2. The van der Waals surface area contributed by atoms with E-state index < -0.39 is 0 Å². The first-order chi connectivity index (χ1) is 24.0. The van der Waals surface area contributed by atoms with Crippen LogP contribution in [-0.2, 0) is 37.8 Å². The van der Waals surface area contributed by atoms with Crippen LogP contribution < -0.4 is 20.7 Å². The Balaban J connectivity index is 1.05. The monoisotopic (exact) mass is 698 g/mol. The molecular formula is C37H43ClN8O4. The van der Waals surface area contributed by atoms with Gasteiger partial charge in [-0.3, -0.25) is 19.4 Å². The number of aryl methyl sites for hydroxylation is 1. The number of ether oxygens (including phenoxy) is 1. The summed E-state index contributed by atoms with van der Waals surface area (Å²) >= 11 is 6.87. The molecule has 0 radical (unpaired) electrons. The van der Waals surface area contributed by atoms with Gasteiger partial charge in [-0.05, 0) is 60.6 Å². The number of aliphatic hydroxyl groups is 1. The third-order valence-electron chi connectivity index (χ3n) is 10.8. The van der Waals surface area contributed by atoms with E-state index in [4.69, 9.17) is 16.3 Å². The van der Waals surface area contributed by atoms with Gasteiger partial charge >= 0.3 is 0 Å². The van der Waals surface area contributed by atoms with Gasteiger partial charge in [0.05, 0.1) is 42.8 Å². The molecule has 4 aromatic rings. The molecule has 8 rings (SSSR count). The summed E-state index contributed by atoms with van der Waals surface area (Å²) in [5.41, 5.74) is 5.83. The summed E-state index contributed by atoms with van der Waals surface area (Å²) in [4.78, 5) is 43.1. The molecule has 0 spiro atoms. The highest BCUT2D eigenvalue weighted by atomic mass is 35.5. The molecule has 1 atom stereocenters. The lowest BCUT2D eigenvalue weighted by Gasteiger charge is -2.46. The Bertz CT molecular complexity index is 2040. The molecule has 0 bridgehead atoms. The fourth-order valence-electron chi connectivity index (χ4n) is 8.14. The predicted molar refractivity (Wildman–Crippen MR) is 194 cm³/mol. The number of anilines is 4. The Morgan fingerprint density at radius 2 is 1.90 bits per heavy atom. The van der Waals surface area contributed by atoms with Crippen LogP contribution in [0.1, 0.15) is 48.1 Å². The number of hydrogen-bond donors (Lipinski definition) is 2. The van der Waals surface area contributed by atoms with Crippen molar-refractivity contribution < 1.29 is 14.6 Å². The van der Waals surface area contributed by atoms with Gasteiger partial charge in [-0.15, -0.1) is 0 Å². The molecule has 7 heterocycles. The van der Waals surface area contributed by atoms with E-state index in [1.165, 1.54) is 4.57 Å². The van der Waals surface area contributed by atoms with Gasteiger partial charge < -0.3 is 29.2 Å². The van der Waals surface area contributed by atoms with Crippen LogP contribution in [-0.4, -0.2) is 86.5 Å². The second kappa shape index (κ2) is 12.5. The van der Waals surface area contributed by atoms with Gasteiger partial charge in [-0.25, -0.2) is 9.97 Å². The van der Waals surface area contributed by atoms with Crippen LogP contribution in [0.25, 0.3) is 11.1 Å². The average Bonchev–Trinajstić information content (AvgIpc) is 3.53. The summed E-state index contributed by atoms with van der Waals surface area (Å²) < 4.78 is 8.97. The van der Waals surface area contributed by atoms with Crippen LogP contribution in [0.2, 0.25) is 5.02 Å². The van der Waals surface area contributed by atoms with E-state index in [1.807, 2.05) is 18.3 Å². The molecule has 12 nitrogen and oxygen atoms in total. The maximum absolute atomic E-state index is 14.0. The van der Waals surface area contributed by atoms with E-state index in [2.05, 4.69) is 50.4 Å². The van der Waals surface area contributed by atoms with Crippen molar-refractivity contribution in [2.75, 3.05) is 54.5 Å². The minimum atomic E-state index is -0.350. The first kappa shape index (κ1) is 32.9. The van der Waals surface area contributed by atoms with E-state index in [0.29, 0.717) is 69.9 Å². The number of pyridine rings is 3. The van der Waals surface area contributed by atoms with Crippen LogP contribution in [0.4, 0.5) is 23.0 Å². The molecule has 50 heavy (non-hydrogen) atoms. The van der Waals surface area contributed by atoms with Crippen molar-refractivity contribution in [3.63, 3.8) is 0 Å². The summed E-state index contributed by atoms with van der Waals surface area (Å²) in [6.45, 7) is 11.8. The highest BCUT2D eigenvalue weighted by Gasteiger charge is 2.41. The minimum absolute atomic E-state index is 0.111. The molecule has 4 aliphatic rings. The zero-order valence-corrected chi connectivity index (χ0v) is 29.7. The number of aliphatic hydroxyl groups excluding tert-OH is 1. The zero-order valence-electron chi connectivity index (χ0n) is 28.9. The Morgan fingerprint density at radius 3 is 2.60 bits per heavy atom. The molecule has 1 amide bonds. The van der Waals surface area contributed by atoms with Crippen molar-refractivity contribution in [1.82, 2.24) is 24.0 Å². The number of aromatic nitrogens is 4. The number of carbonyl (C=O) groups is 1. The molecule has 0 saturated carbocycles. The molecule has 13 heteroatoms. The molecule has 2 N–H and O–H groups in total. The van der Waals surface area contributed by atoms with E-state index >= 15 is 0 Å². The Labute approximate surface area is 296 Å². The van der Waals surface area contributed by atoms with Crippen molar-refractivity contribution in [3.8, 4) is 11.1 Å². The molecule has 2 saturated heterocycles. The third kappa shape index (κ3) is 5.58. The Hall–Kier alpha value is -4.23. The molecule has 2 fully saturated rings. The first-order valence-electron chi connectivity index (χ1n) is 17.4. The van der Waals surface area contributed by atoms with Crippen LogP contribution in [0.5, 0.6) is 0 Å². The molecule has 3 aliphatic heterocycles. The van der Waals surface area contributed by atoms with Crippen molar-refractivity contribution in [1.29, 1.82) is 0 Å². The maximum atomic E-state index is 14.0. The van der Waals surface area contributed by atoms with Gasteiger partial charge in [-0.1, -0.05) is 25.4 Å². The zero-order chi connectivity index (χ0) is 34.9. The van der Waals surface area contributed by atoms with E-state index in [9.17, 15) is 14.7 Å². The van der Waals surface area contributed by atoms with Crippen molar-refractivity contribution in [2.24, 2.45) is 12.5 Å². The lowest BCUT2D eigenvalue weighted by molar-refractivity contribution is -0.0691. The van der Waals surface area contributed by atoms with E-state index in [1.54, 1.807) is 36.5 Å². The fourth-order valence-corrected chi connectivity index (χ4v) is 8.50. The van der Waals surface area contributed by atoms with Crippen molar-refractivity contribution >= 4 is 40.5 Å². The van der Waals surface area contributed by atoms with Crippen molar-refractivity contribution in [3.05, 3.63) is 80.7 Å². The van der Waals surface area contributed by atoms with Gasteiger partial charge in [0.15, 0.2) is 0 Å². The predicted octanol–water partition coefficient (Wildman–Crippen LogP) is 4.23. The quantitative estimate of drug-likeness (QED) is 0.292. The summed E-state index contributed by atoms with van der Waals surface area (Å²) in [5, 5.41) is 14.4. The molecule has 0 unspecified atom stereocenters.